The maximum Gasteiger partial charge on any atom is 0.326 e. The topological polar surface area (TPSA) is 47.6 Å². The standard InChI is InChI=1S/C12H23NO3/c1-8-6-10(7-9(2)15-8)16-11(14)12(3,4)13-5/h8-10,13H,6-7H2,1-5H3. The Morgan fingerprint density at radius 1 is 1.31 bits per heavy atom. The number of rotatable bonds is 3. The second kappa shape index (κ2) is 5.15. The molecule has 94 valence electrons. The molecule has 0 aromatic rings. The van der Waals surface area contributed by atoms with Crippen molar-refractivity contribution in [2.75, 3.05) is 7.05 Å². The fraction of sp³-hybridized carbons (Fsp3) is 0.917. The van der Waals surface area contributed by atoms with Crippen LogP contribution < -0.4 is 5.32 Å². The first-order valence-corrected chi connectivity index (χ1v) is 5.90. The number of ether oxygens (including phenoxy) is 2. The minimum atomic E-state index is -0.620. The Bertz CT molecular complexity index is 243. The van der Waals surface area contributed by atoms with Crippen molar-refractivity contribution < 1.29 is 14.3 Å². The van der Waals surface area contributed by atoms with Gasteiger partial charge in [-0.25, -0.2) is 0 Å². The highest BCUT2D eigenvalue weighted by Gasteiger charge is 2.33. The van der Waals surface area contributed by atoms with Gasteiger partial charge in [0.05, 0.1) is 12.2 Å². The molecule has 0 aromatic heterocycles. The average Bonchev–Trinajstić information content (AvgIpc) is 2.15. The van der Waals surface area contributed by atoms with Gasteiger partial charge >= 0.3 is 5.97 Å². The summed E-state index contributed by atoms with van der Waals surface area (Å²) in [5, 5.41) is 2.95. The van der Waals surface area contributed by atoms with Crippen LogP contribution in [-0.4, -0.2) is 36.9 Å². The van der Waals surface area contributed by atoms with E-state index < -0.39 is 5.54 Å². The SMILES string of the molecule is CNC(C)(C)C(=O)OC1CC(C)OC(C)C1. The van der Waals surface area contributed by atoms with E-state index in [-0.39, 0.29) is 24.3 Å². The molecule has 1 rings (SSSR count). The Balaban J connectivity index is 2.51. The highest BCUT2D eigenvalue weighted by atomic mass is 16.6. The number of hydrogen-bond acceptors (Lipinski definition) is 4. The molecule has 0 amide bonds. The van der Waals surface area contributed by atoms with Gasteiger partial charge in [0.2, 0.25) is 0 Å². The molecule has 0 bridgehead atoms. The summed E-state index contributed by atoms with van der Waals surface area (Å²) in [6, 6.07) is 0. The third kappa shape index (κ3) is 3.46. The van der Waals surface area contributed by atoms with Gasteiger partial charge in [-0.05, 0) is 34.7 Å². The summed E-state index contributed by atoms with van der Waals surface area (Å²) >= 11 is 0. The van der Waals surface area contributed by atoms with E-state index in [1.807, 2.05) is 27.7 Å². The zero-order valence-corrected chi connectivity index (χ0v) is 10.9. The molecule has 0 saturated carbocycles. The monoisotopic (exact) mass is 229 g/mol. The zero-order chi connectivity index (χ0) is 12.3. The Hall–Kier alpha value is -0.610. The fourth-order valence-electron chi connectivity index (χ4n) is 1.84. The van der Waals surface area contributed by atoms with Crippen molar-refractivity contribution in [2.45, 2.75) is 64.4 Å². The maximum atomic E-state index is 11.9. The lowest BCUT2D eigenvalue weighted by atomic mass is 10.0. The average molecular weight is 229 g/mol. The third-order valence-corrected chi connectivity index (χ3v) is 3.06. The predicted molar refractivity (Wildman–Crippen MR) is 62.3 cm³/mol. The van der Waals surface area contributed by atoms with Crippen molar-refractivity contribution in [2.24, 2.45) is 0 Å². The highest BCUT2D eigenvalue weighted by molar-refractivity contribution is 5.79. The molecule has 1 fully saturated rings. The lowest BCUT2D eigenvalue weighted by Crippen LogP contribution is -2.48. The van der Waals surface area contributed by atoms with E-state index in [9.17, 15) is 4.79 Å². The summed E-state index contributed by atoms with van der Waals surface area (Å²) in [5.41, 5.74) is -0.620. The van der Waals surface area contributed by atoms with E-state index >= 15 is 0 Å². The molecule has 0 aliphatic carbocycles. The van der Waals surface area contributed by atoms with Crippen molar-refractivity contribution in [3.8, 4) is 0 Å². The molecule has 0 aromatic carbocycles. The molecular formula is C12H23NO3. The van der Waals surface area contributed by atoms with Crippen LogP contribution in [0.4, 0.5) is 0 Å². The summed E-state index contributed by atoms with van der Waals surface area (Å²) in [5.74, 6) is -0.193. The van der Waals surface area contributed by atoms with Crippen molar-refractivity contribution >= 4 is 5.97 Å². The smallest absolute Gasteiger partial charge is 0.326 e. The van der Waals surface area contributed by atoms with Crippen molar-refractivity contribution in [1.29, 1.82) is 0 Å². The fourth-order valence-corrected chi connectivity index (χ4v) is 1.84. The van der Waals surface area contributed by atoms with Crippen molar-refractivity contribution in [3.05, 3.63) is 0 Å². The summed E-state index contributed by atoms with van der Waals surface area (Å²) in [4.78, 5) is 11.9. The molecule has 4 nitrogen and oxygen atoms in total. The number of carbonyl (C=O) groups excluding carboxylic acids is 1. The second-order valence-corrected chi connectivity index (χ2v) is 5.13. The van der Waals surface area contributed by atoms with E-state index in [1.165, 1.54) is 0 Å². The molecule has 0 radical (unpaired) electrons. The van der Waals surface area contributed by atoms with Crippen LogP contribution >= 0.6 is 0 Å². The summed E-state index contributed by atoms with van der Waals surface area (Å²) < 4.78 is 11.1. The van der Waals surface area contributed by atoms with Gasteiger partial charge in [-0.2, -0.15) is 0 Å². The van der Waals surface area contributed by atoms with Crippen LogP contribution in [0.1, 0.15) is 40.5 Å². The van der Waals surface area contributed by atoms with E-state index in [4.69, 9.17) is 9.47 Å². The van der Waals surface area contributed by atoms with E-state index in [1.54, 1.807) is 7.05 Å². The Morgan fingerprint density at radius 2 is 1.81 bits per heavy atom. The van der Waals surface area contributed by atoms with Crippen LogP contribution in [0.25, 0.3) is 0 Å². The van der Waals surface area contributed by atoms with Gasteiger partial charge in [0.1, 0.15) is 11.6 Å². The van der Waals surface area contributed by atoms with Crippen LogP contribution in [0.15, 0.2) is 0 Å². The van der Waals surface area contributed by atoms with Gasteiger partial charge in [0.15, 0.2) is 0 Å². The zero-order valence-electron chi connectivity index (χ0n) is 10.9. The van der Waals surface area contributed by atoms with Gasteiger partial charge in [-0.15, -0.1) is 0 Å². The molecule has 16 heavy (non-hydrogen) atoms. The van der Waals surface area contributed by atoms with Gasteiger partial charge in [0, 0.05) is 12.8 Å². The lowest BCUT2D eigenvalue weighted by Gasteiger charge is -2.33. The van der Waals surface area contributed by atoms with Gasteiger partial charge in [-0.3, -0.25) is 4.79 Å². The molecule has 1 aliphatic rings. The van der Waals surface area contributed by atoms with Crippen molar-refractivity contribution in [1.82, 2.24) is 5.32 Å². The molecule has 2 atom stereocenters. The first kappa shape index (κ1) is 13.5. The number of carbonyl (C=O) groups is 1. The normalized spacial score (nSPS) is 31.2. The molecule has 4 heteroatoms. The Kier molecular flexibility index (Phi) is 4.33. The first-order valence-electron chi connectivity index (χ1n) is 5.90. The molecule has 2 unspecified atom stereocenters. The minimum absolute atomic E-state index is 0.0149. The summed E-state index contributed by atoms with van der Waals surface area (Å²) in [6.45, 7) is 7.67. The van der Waals surface area contributed by atoms with E-state index in [2.05, 4.69) is 5.32 Å². The quantitative estimate of drug-likeness (QED) is 0.745. The third-order valence-electron chi connectivity index (χ3n) is 3.06. The molecule has 1 saturated heterocycles. The molecule has 0 spiro atoms. The number of hydrogen-bond donors (Lipinski definition) is 1. The van der Waals surface area contributed by atoms with E-state index in [0.29, 0.717) is 0 Å². The van der Waals surface area contributed by atoms with E-state index in [0.717, 1.165) is 12.8 Å². The Morgan fingerprint density at radius 3 is 2.25 bits per heavy atom. The number of esters is 1. The van der Waals surface area contributed by atoms with Gasteiger partial charge in [0.25, 0.3) is 0 Å². The molecule has 1 heterocycles. The maximum absolute atomic E-state index is 11.9. The van der Waals surface area contributed by atoms with Crippen molar-refractivity contribution in [3.63, 3.8) is 0 Å². The van der Waals surface area contributed by atoms with Crippen LogP contribution in [0.2, 0.25) is 0 Å². The molecular weight excluding hydrogens is 206 g/mol. The van der Waals surface area contributed by atoms with Crippen LogP contribution in [-0.2, 0) is 14.3 Å². The highest BCUT2D eigenvalue weighted by Crippen LogP contribution is 2.22. The predicted octanol–water partition coefficient (Wildman–Crippen LogP) is 1.48. The van der Waals surface area contributed by atoms with Crippen LogP contribution in [0, 0.1) is 0 Å². The largest absolute Gasteiger partial charge is 0.461 e. The molecule has 1 aliphatic heterocycles. The first-order chi connectivity index (χ1) is 7.35. The van der Waals surface area contributed by atoms with Crippen LogP contribution in [0.3, 0.4) is 0 Å². The van der Waals surface area contributed by atoms with Gasteiger partial charge in [-0.1, -0.05) is 0 Å². The summed E-state index contributed by atoms with van der Waals surface area (Å²) in [7, 11) is 1.76. The second-order valence-electron chi connectivity index (χ2n) is 5.13. The summed E-state index contributed by atoms with van der Waals surface area (Å²) in [6.07, 6.45) is 1.89. The molecule has 1 N–H and O–H groups in total. The van der Waals surface area contributed by atoms with Crippen LogP contribution in [0.5, 0.6) is 0 Å². The number of nitrogens with one attached hydrogen (secondary N) is 1. The van der Waals surface area contributed by atoms with Gasteiger partial charge < -0.3 is 14.8 Å². The minimum Gasteiger partial charge on any atom is -0.461 e. The number of likely N-dealkylation sites (N-methyl/N-ethyl adjacent to an activating group) is 1. The lowest BCUT2D eigenvalue weighted by molar-refractivity contribution is -0.165. The Labute approximate surface area is 97.7 Å².